The minimum atomic E-state index is -0.263. The molecular weight excluding hydrogens is 268 g/mol. The number of fused-ring (bicyclic) bond motifs is 1. The first-order valence-corrected chi connectivity index (χ1v) is 6.96. The van der Waals surface area contributed by atoms with Gasteiger partial charge in [-0.1, -0.05) is 6.07 Å². The predicted octanol–water partition coefficient (Wildman–Crippen LogP) is 2.47. The van der Waals surface area contributed by atoms with Gasteiger partial charge in [0.15, 0.2) is 0 Å². The molecule has 0 unspecified atom stereocenters. The van der Waals surface area contributed by atoms with Crippen LogP contribution in [0.3, 0.4) is 0 Å². The summed E-state index contributed by atoms with van der Waals surface area (Å²) in [5.41, 5.74) is 3.81. The molecule has 1 amide bonds. The van der Waals surface area contributed by atoms with E-state index in [-0.39, 0.29) is 11.9 Å². The summed E-state index contributed by atoms with van der Waals surface area (Å²) in [6, 6.07) is 5.98. The highest BCUT2D eigenvalue weighted by molar-refractivity contribution is 5.99. The number of hydrogen-bond acceptors (Lipinski definition) is 3. The number of H-pyrrole nitrogens is 1. The molecule has 112 valence electrons. The highest BCUT2D eigenvalue weighted by atomic mass is 16.5. The summed E-state index contributed by atoms with van der Waals surface area (Å²) >= 11 is 0. The molecule has 5 nitrogen and oxygen atoms in total. The summed E-state index contributed by atoms with van der Waals surface area (Å²) < 4.78 is 4.55. The lowest BCUT2D eigenvalue weighted by atomic mass is 10.1. The zero-order chi connectivity index (χ0) is 15.4. The van der Waals surface area contributed by atoms with Gasteiger partial charge in [-0.2, -0.15) is 0 Å². The monoisotopic (exact) mass is 288 g/mol. The largest absolute Gasteiger partial charge is 0.469 e. The summed E-state index contributed by atoms with van der Waals surface area (Å²) in [7, 11) is 1.36. The number of benzene rings is 1. The molecule has 21 heavy (non-hydrogen) atoms. The van der Waals surface area contributed by atoms with Crippen molar-refractivity contribution in [1.82, 2.24) is 10.3 Å². The van der Waals surface area contributed by atoms with Gasteiger partial charge in [0, 0.05) is 23.9 Å². The number of nitrogens with one attached hydrogen (secondary N) is 2. The topological polar surface area (TPSA) is 71.2 Å². The van der Waals surface area contributed by atoms with Gasteiger partial charge < -0.3 is 15.0 Å². The van der Waals surface area contributed by atoms with E-state index >= 15 is 0 Å². The van der Waals surface area contributed by atoms with Crippen molar-refractivity contribution in [3.05, 3.63) is 35.0 Å². The van der Waals surface area contributed by atoms with Gasteiger partial charge in [0.1, 0.15) is 5.69 Å². The van der Waals surface area contributed by atoms with E-state index in [2.05, 4.69) is 21.1 Å². The molecule has 1 aromatic carbocycles. The number of ether oxygens (including phenoxy) is 1. The smallest absolute Gasteiger partial charge is 0.305 e. The van der Waals surface area contributed by atoms with Crippen LogP contribution in [0.25, 0.3) is 10.9 Å². The molecule has 0 aliphatic heterocycles. The van der Waals surface area contributed by atoms with Crippen molar-refractivity contribution in [1.29, 1.82) is 0 Å². The van der Waals surface area contributed by atoms with Crippen LogP contribution in [0.2, 0.25) is 0 Å². The third kappa shape index (κ3) is 3.62. The Morgan fingerprint density at radius 2 is 2.00 bits per heavy atom. The average molecular weight is 288 g/mol. The molecule has 0 saturated heterocycles. The number of carbonyl (C=O) groups is 2. The van der Waals surface area contributed by atoms with E-state index in [0.717, 1.165) is 22.0 Å². The molecule has 0 aliphatic rings. The Hall–Kier alpha value is -2.30. The van der Waals surface area contributed by atoms with E-state index < -0.39 is 0 Å². The fourth-order valence-electron chi connectivity index (χ4n) is 2.35. The zero-order valence-corrected chi connectivity index (χ0v) is 12.6. The highest BCUT2D eigenvalue weighted by Crippen LogP contribution is 2.21. The van der Waals surface area contributed by atoms with Gasteiger partial charge in [-0.05, 0) is 43.5 Å². The summed E-state index contributed by atoms with van der Waals surface area (Å²) in [5, 5.41) is 3.85. The first-order valence-electron chi connectivity index (χ1n) is 6.96. The van der Waals surface area contributed by atoms with Crippen LogP contribution in [0.4, 0.5) is 0 Å². The Balaban J connectivity index is 2.00. The van der Waals surface area contributed by atoms with E-state index in [1.807, 2.05) is 26.0 Å². The number of esters is 1. The molecule has 0 aliphatic carbocycles. The fraction of sp³-hybridized carbons (Fsp3) is 0.375. The summed E-state index contributed by atoms with van der Waals surface area (Å²) in [6.07, 6.45) is 0.874. The Bertz CT molecular complexity index is 673. The van der Waals surface area contributed by atoms with E-state index in [9.17, 15) is 9.59 Å². The van der Waals surface area contributed by atoms with E-state index in [0.29, 0.717) is 25.1 Å². The summed E-state index contributed by atoms with van der Waals surface area (Å²) in [4.78, 5) is 26.2. The maximum absolute atomic E-state index is 12.1. The van der Waals surface area contributed by atoms with E-state index in [4.69, 9.17) is 0 Å². The minimum absolute atomic E-state index is 0.159. The number of methoxy groups -OCH3 is 1. The molecule has 0 bridgehead atoms. The summed E-state index contributed by atoms with van der Waals surface area (Å²) in [5.74, 6) is -0.422. The SMILES string of the molecule is COC(=O)CCCNC(=O)c1cc2c(C)cc(C)cc2[nH]1. The molecule has 2 N–H and O–H groups in total. The average Bonchev–Trinajstić information content (AvgIpc) is 2.87. The molecule has 1 aromatic heterocycles. The maximum atomic E-state index is 12.1. The molecule has 5 heteroatoms. The van der Waals surface area contributed by atoms with Crippen LogP contribution < -0.4 is 5.32 Å². The Labute approximate surface area is 123 Å². The molecule has 2 aromatic rings. The number of aromatic amines is 1. The molecule has 1 heterocycles. The van der Waals surface area contributed by atoms with Crippen molar-refractivity contribution in [2.45, 2.75) is 26.7 Å². The lowest BCUT2D eigenvalue weighted by Gasteiger charge is -2.02. The van der Waals surface area contributed by atoms with Crippen LogP contribution in [0.5, 0.6) is 0 Å². The molecular formula is C16H20N2O3. The van der Waals surface area contributed by atoms with Crippen molar-refractivity contribution in [2.75, 3.05) is 13.7 Å². The van der Waals surface area contributed by atoms with Crippen molar-refractivity contribution in [3.8, 4) is 0 Å². The maximum Gasteiger partial charge on any atom is 0.305 e. The number of aryl methyl sites for hydroxylation is 2. The van der Waals surface area contributed by atoms with Gasteiger partial charge in [0.05, 0.1) is 7.11 Å². The normalized spacial score (nSPS) is 10.6. The second kappa shape index (κ2) is 6.43. The van der Waals surface area contributed by atoms with Crippen molar-refractivity contribution in [3.63, 3.8) is 0 Å². The molecule has 0 fully saturated rings. The number of carbonyl (C=O) groups excluding carboxylic acids is 2. The number of hydrogen-bond donors (Lipinski definition) is 2. The van der Waals surface area contributed by atoms with E-state index in [1.165, 1.54) is 7.11 Å². The number of amides is 1. The van der Waals surface area contributed by atoms with Gasteiger partial charge in [-0.15, -0.1) is 0 Å². The zero-order valence-electron chi connectivity index (χ0n) is 12.6. The van der Waals surface area contributed by atoms with Crippen LogP contribution in [-0.2, 0) is 9.53 Å². The van der Waals surface area contributed by atoms with Crippen LogP contribution in [-0.4, -0.2) is 30.5 Å². The van der Waals surface area contributed by atoms with Crippen LogP contribution in [0.15, 0.2) is 18.2 Å². The van der Waals surface area contributed by atoms with Crippen molar-refractivity contribution in [2.24, 2.45) is 0 Å². The first kappa shape index (κ1) is 15.1. The lowest BCUT2D eigenvalue weighted by molar-refractivity contribution is -0.140. The third-order valence-corrected chi connectivity index (χ3v) is 3.40. The Morgan fingerprint density at radius 3 is 2.71 bits per heavy atom. The standard InChI is InChI=1S/C16H20N2O3/c1-10-7-11(2)12-9-14(18-13(12)8-10)16(20)17-6-4-5-15(19)21-3/h7-9,18H,4-6H2,1-3H3,(H,17,20). The molecule has 0 spiro atoms. The molecule has 0 atom stereocenters. The second-order valence-corrected chi connectivity index (χ2v) is 5.16. The van der Waals surface area contributed by atoms with E-state index in [1.54, 1.807) is 0 Å². The predicted molar refractivity (Wildman–Crippen MR) is 81.4 cm³/mol. The van der Waals surface area contributed by atoms with Crippen molar-refractivity contribution >= 4 is 22.8 Å². The quantitative estimate of drug-likeness (QED) is 0.656. The number of rotatable bonds is 5. The highest BCUT2D eigenvalue weighted by Gasteiger charge is 2.11. The fourth-order valence-corrected chi connectivity index (χ4v) is 2.35. The van der Waals surface area contributed by atoms with Crippen LogP contribution >= 0.6 is 0 Å². The molecule has 0 saturated carbocycles. The summed E-state index contributed by atoms with van der Waals surface area (Å²) in [6.45, 7) is 4.50. The Morgan fingerprint density at radius 1 is 1.24 bits per heavy atom. The minimum Gasteiger partial charge on any atom is -0.469 e. The van der Waals surface area contributed by atoms with Gasteiger partial charge >= 0.3 is 5.97 Å². The lowest BCUT2D eigenvalue weighted by Crippen LogP contribution is -2.25. The molecule has 2 rings (SSSR count). The number of aromatic nitrogens is 1. The van der Waals surface area contributed by atoms with Gasteiger partial charge in [-0.25, -0.2) is 0 Å². The van der Waals surface area contributed by atoms with Gasteiger partial charge in [0.25, 0.3) is 5.91 Å². The van der Waals surface area contributed by atoms with Gasteiger partial charge in [-0.3, -0.25) is 9.59 Å². The Kier molecular flexibility index (Phi) is 4.62. The molecule has 0 radical (unpaired) electrons. The second-order valence-electron chi connectivity index (χ2n) is 5.16. The van der Waals surface area contributed by atoms with Crippen LogP contribution in [0, 0.1) is 13.8 Å². The van der Waals surface area contributed by atoms with Crippen molar-refractivity contribution < 1.29 is 14.3 Å². The van der Waals surface area contributed by atoms with Gasteiger partial charge in [0.2, 0.25) is 0 Å². The third-order valence-electron chi connectivity index (χ3n) is 3.40. The first-order chi connectivity index (χ1) is 10.0. The van der Waals surface area contributed by atoms with Crippen LogP contribution in [0.1, 0.15) is 34.5 Å².